The molecule has 1 aliphatic rings. The fraction of sp³-hybridized carbons (Fsp3) is 0.667. The van der Waals surface area contributed by atoms with E-state index in [-0.39, 0.29) is 0 Å². The van der Waals surface area contributed by atoms with Crippen LogP contribution >= 0.6 is 38.9 Å². The average molecular weight is 402 g/mol. The van der Waals surface area contributed by atoms with E-state index in [1.165, 1.54) is 17.4 Å². The maximum Gasteiger partial charge on any atom is 0.252 e. The first-order chi connectivity index (χ1) is 9.40. The second-order valence-electron chi connectivity index (χ2n) is 4.71. The Labute approximate surface area is 137 Å². The molecular formula is C12H18BrClN2O2S2. The predicted octanol–water partition coefficient (Wildman–Crippen LogP) is 3.27. The van der Waals surface area contributed by atoms with Crippen LogP contribution in [0.5, 0.6) is 0 Å². The molecule has 1 saturated heterocycles. The van der Waals surface area contributed by atoms with Crippen molar-refractivity contribution in [2.75, 3.05) is 26.2 Å². The second kappa shape index (κ2) is 6.62. The van der Waals surface area contributed by atoms with Gasteiger partial charge in [0.05, 0.1) is 8.81 Å². The Balaban J connectivity index is 2.16. The highest BCUT2D eigenvalue weighted by molar-refractivity contribution is 9.11. The molecule has 0 saturated carbocycles. The summed E-state index contributed by atoms with van der Waals surface area (Å²) >= 11 is 10.4. The molecule has 0 aliphatic carbocycles. The summed E-state index contributed by atoms with van der Waals surface area (Å²) in [5.41, 5.74) is 0. The fourth-order valence-electron chi connectivity index (χ4n) is 2.55. The van der Waals surface area contributed by atoms with Gasteiger partial charge in [-0.2, -0.15) is 4.31 Å². The molecule has 0 bridgehead atoms. The first-order valence-corrected chi connectivity index (χ1v) is 10.0. The molecule has 114 valence electrons. The van der Waals surface area contributed by atoms with Gasteiger partial charge < -0.3 is 0 Å². The summed E-state index contributed by atoms with van der Waals surface area (Å²) in [6.07, 6.45) is 0.890. The highest BCUT2D eigenvalue weighted by atomic mass is 79.9. The topological polar surface area (TPSA) is 40.6 Å². The number of likely N-dealkylation sites (N-methyl/N-ethyl adjacent to an activating group) is 1. The number of hydrogen-bond donors (Lipinski definition) is 0. The van der Waals surface area contributed by atoms with Crippen molar-refractivity contribution in [3.63, 3.8) is 0 Å². The van der Waals surface area contributed by atoms with E-state index < -0.39 is 10.0 Å². The molecule has 1 atom stereocenters. The quantitative estimate of drug-likeness (QED) is 0.760. The van der Waals surface area contributed by atoms with Crippen molar-refractivity contribution in [1.29, 1.82) is 0 Å². The minimum absolute atomic E-state index is 0.314. The lowest BCUT2D eigenvalue weighted by molar-refractivity contribution is 0.225. The number of sulfonamides is 1. The zero-order chi connectivity index (χ0) is 14.9. The van der Waals surface area contributed by atoms with Gasteiger partial charge in [0.2, 0.25) is 0 Å². The Kier molecular flexibility index (Phi) is 5.53. The van der Waals surface area contributed by atoms with Crippen LogP contribution in [-0.2, 0) is 10.0 Å². The van der Waals surface area contributed by atoms with Crippen LogP contribution in [0.4, 0.5) is 0 Å². The van der Waals surface area contributed by atoms with Gasteiger partial charge in [-0.15, -0.1) is 11.3 Å². The van der Waals surface area contributed by atoms with Crippen LogP contribution in [0.1, 0.15) is 20.3 Å². The van der Waals surface area contributed by atoms with E-state index in [0.717, 1.165) is 19.5 Å². The third kappa shape index (κ3) is 3.23. The second-order valence-corrected chi connectivity index (χ2v) is 9.66. The third-order valence-electron chi connectivity index (χ3n) is 3.67. The van der Waals surface area contributed by atoms with Gasteiger partial charge in [-0.25, -0.2) is 8.42 Å². The van der Waals surface area contributed by atoms with Gasteiger partial charge in [-0.1, -0.05) is 25.4 Å². The molecule has 1 unspecified atom stereocenters. The first-order valence-electron chi connectivity index (χ1n) is 6.59. The average Bonchev–Trinajstić information content (AvgIpc) is 3.00. The van der Waals surface area contributed by atoms with Crippen molar-refractivity contribution >= 4 is 48.9 Å². The third-order valence-corrected chi connectivity index (χ3v) is 8.46. The van der Waals surface area contributed by atoms with Gasteiger partial charge in [0.1, 0.15) is 4.21 Å². The molecule has 1 fully saturated rings. The van der Waals surface area contributed by atoms with Gasteiger partial charge >= 0.3 is 0 Å². The van der Waals surface area contributed by atoms with E-state index in [2.05, 4.69) is 34.7 Å². The molecule has 0 amide bonds. The molecule has 0 aromatic carbocycles. The van der Waals surface area contributed by atoms with Crippen LogP contribution in [0.15, 0.2) is 14.1 Å². The zero-order valence-corrected chi connectivity index (χ0v) is 15.4. The van der Waals surface area contributed by atoms with Crippen LogP contribution in [-0.4, -0.2) is 49.8 Å². The standard InChI is InChI=1S/C12H18BrClN2O2S2/c1-3-15(4-2)9-5-6-16(8-9)20(17,18)11-7-10(14)12(13)19-11/h7,9H,3-6,8H2,1-2H3. The summed E-state index contributed by atoms with van der Waals surface area (Å²) < 4.78 is 27.7. The van der Waals surface area contributed by atoms with Crippen molar-refractivity contribution in [2.45, 2.75) is 30.5 Å². The van der Waals surface area contributed by atoms with Crippen molar-refractivity contribution in [1.82, 2.24) is 9.21 Å². The van der Waals surface area contributed by atoms with Gasteiger partial charge in [0.25, 0.3) is 10.0 Å². The molecule has 4 nitrogen and oxygen atoms in total. The molecule has 8 heteroatoms. The molecule has 1 aromatic rings. The van der Waals surface area contributed by atoms with Crippen molar-refractivity contribution in [3.8, 4) is 0 Å². The van der Waals surface area contributed by atoms with Crippen molar-refractivity contribution in [3.05, 3.63) is 14.9 Å². The minimum atomic E-state index is -3.41. The van der Waals surface area contributed by atoms with Crippen LogP contribution in [0.25, 0.3) is 0 Å². The van der Waals surface area contributed by atoms with Gasteiger partial charge in [-0.05, 0) is 41.5 Å². The first kappa shape index (κ1) is 16.7. The zero-order valence-electron chi connectivity index (χ0n) is 11.5. The molecule has 0 N–H and O–H groups in total. The van der Waals surface area contributed by atoms with E-state index in [4.69, 9.17) is 11.6 Å². The SMILES string of the molecule is CCN(CC)C1CCN(S(=O)(=O)c2cc(Cl)c(Br)s2)C1. The highest BCUT2D eigenvalue weighted by Gasteiger charge is 2.35. The molecule has 2 rings (SSSR count). The largest absolute Gasteiger partial charge is 0.300 e. The van der Waals surface area contributed by atoms with E-state index in [1.54, 1.807) is 4.31 Å². The lowest BCUT2D eigenvalue weighted by Crippen LogP contribution is -2.38. The Hall–Kier alpha value is 0.340. The van der Waals surface area contributed by atoms with Crippen LogP contribution < -0.4 is 0 Å². The number of rotatable bonds is 5. The molecular weight excluding hydrogens is 384 g/mol. The van der Waals surface area contributed by atoms with Gasteiger partial charge in [-0.3, -0.25) is 4.90 Å². The number of thiophene rings is 1. The number of hydrogen-bond acceptors (Lipinski definition) is 4. The summed E-state index contributed by atoms with van der Waals surface area (Å²) in [6.45, 7) is 7.26. The molecule has 0 spiro atoms. The molecule has 2 heterocycles. The summed E-state index contributed by atoms with van der Waals surface area (Å²) in [4.78, 5) is 2.31. The van der Waals surface area contributed by atoms with E-state index in [0.29, 0.717) is 32.1 Å². The fourth-order valence-corrected chi connectivity index (χ4v) is 6.59. The summed E-state index contributed by atoms with van der Waals surface area (Å²) in [5.74, 6) is 0. The molecule has 0 radical (unpaired) electrons. The monoisotopic (exact) mass is 400 g/mol. The minimum Gasteiger partial charge on any atom is -0.300 e. The maximum atomic E-state index is 12.6. The molecule has 1 aliphatic heterocycles. The maximum absolute atomic E-state index is 12.6. The molecule has 20 heavy (non-hydrogen) atoms. The van der Waals surface area contributed by atoms with E-state index in [1.807, 2.05) is 0 Å². The Bertz CT molecular complexity index is 553. The highest BCUT2D eigenvalue weighted by Crippen LogP contribution is 2.36. The molecule has 1 aromatic heterocycles. The lowest BCUT2D eigenvalue weighted by Gasteiger charge is -2.25. The number of halogens is 2. The van der Waals surface area contributed by atoms with Crippen molar-refractivity contribution in [2.24, 2.45) is 0 Å². The Morgan fingerprint density at radius 1 is 1.50 bits per heavy atom. The van der Waals surface area contributed by atoms with Gasteiger partial charge in [0.15, 0.2) is 0 Å². The Morgan fingerprint density at radius 2 is 2.15 bits per heavy atom. The lowest BCUT2D eigenvalue weighted by atomic mass is 10.2. The van der Waals surface area contributed by atoms with Crippen molar-refractivity contribution < 1.29 is 8.42 Å². The van der Waals surface area contributed by atoms with E-state index >= 15 is 0 Å². The predicted molar refractivity (Wildman–Crippen MR) is 87.1 cm³/mol. The Morgan fingerprint density at radius 3 is 2.65 bits per heavy atom. The van der Waals surface area contributed by atoms with Crippen LogP contribution in [0, 0.1) is 0 Å². The van der Waals surface area contributed by atoms with Crippen LogP contribution in [0.3, 0.4) is 0 Å². The van der Waals surface area contributed by atoms with E-state index in [9.17, 15) is 8.42 Å². The summed E-state index contributed by atoms with van der Waals surface area (Å²) in [5, 5.41) is 0.452. The van der Waals surface area contributed by atoms with Crippen LogP contribution in [0.2, 0.25) is 5.02 Å². The summed E-state index contributed by atoms with van der Waals surface area (Å²) in [6, 6.07) is 1.84. The smallest absolute Gasteiger partial charge is 0.252 e. The number of nitrogens with zero attached hydrogens (tertiary/aromatic N) is 2. The normalized spacial score (nSPS) is 20.9. The summed E-state index contributed by atoms with van der Waals surface area (Å²) in [7, 11) is -3.41. The van der Waals surface area contributed by atoms with Gasteiger partial charge in [0, 0.05) is 19.1 Å².